The van der Waals surface area contributed by atoms with Crippen molar-refractivity contribution in [2.75, 3.05) is 7.05 Å². The van der Waals surface area contributed by atoms with Crippen LogP contribution in [-0.2, 0) is 17.9 Å². The number of furan rings is 1. The zero-order valence-electron chi connectivity index (χ0n) is 13.6. The molecule has 4 aromatic rings. The summed E-state index contributed by atoms with van der Waals surface area (Å²) in [7, 11) is 1.66. The molecule has 126 valence electrons. The molecule has 1 aromatic carbocycles. The summed E-state index contributed by atoms with van der Waals surface area (Å²) in [5.41, 5.74) is 1.02. The number of rotatable bonds is 4. The number of aromatic amines is 1. The molecule has 0 fully saturated rings. The molecule has 0 aliphatic carbocycles. The first-order valence-corrected chi connectivity index (χ1v) is 7.86. The van der Waals surface area contributed by atoms with E-state index in [1.165, 1.54) is 9.58 Å². The van der Waals surface area contributed by atoms with Crippen LogP contribution in [0.5, 0.6) is 0 Å². The maximum atomic E-state index is 12.7. The summed E-state index contributed by atoms with van der Waals surface area (Å²) in [5.74, 6) is 0.462. The second-order valence-corrected chi connectivity index (χ2v) is 5.90. The van der Waals surface area contributed by atoms with E-state index in [0.29, 0.717) is 17.8 Å². The zero-order chi connectivity index (χ0) is 17.4. The van der Waals surface area contributed by atoms with Crippen LogP contribution in [0.25, 0.3) is 21.8 Å². The fourth-order valence-corrected chi connectivity index (χ4v) is 2.86. The Balaban J connectivity index is 1.63. The summed E-state index contributed by atoms with van der Waals surface area (Å²) >= 11 is 0. The van der Waals surface area contributed by atoms with Gasteiger partial charge in [-0.3, -0.25) is 9.59 Å². The number of benzene rings is 1. The summed E-state index contributed by atoms with van der Waals surface area (Å²) < 4.78 is 6.42. The number of likely N-dealkylation sites (N-methyl/N-ethyl adjacent to an activating group) is 1. The molecule has 7 nitrogen and oxygen atoms in total. The van der Waals surface area contributed by atoms with Crippen LogP contribution < -0.4 is 5.56 Å². The van der Waals surface area contributed by atoms with Crippen molar-refractivity contribution in [3.8, 4) is 0 Å². The molecule has 0 saturated heterocycles. The van der Waals surface area contributed by atoms with Gasteiger partial charge in [-0.15, -0.1) is 0 Å². The quantitative estimate of drug-likeness (QED) is 0.619. The summed E-state index contributed by atoms with van der Waals surface area (Å²) in [4.78, 5) is 29.6. The third-order valence-electron chi connectivity index (χ3n) is 4.20. The number of aromatic nitrogens is 3. The Morgan fingerprint density at radius 2 is 2.08 bits per heavy atom. The highest BCUT2D eigenvalue weighted by atomic mass is 16.3. The number of fused-ring (bicyclic) bond motifs is 3. The third-order valence-corrected chi connectivity index (χ3v) is 4.20. The topological polar surface area (TPSA) is 84.1 Å². The maximum absolute atomic E-state index is 12.7. The normalized spacial score (nSPS) is 11.2. The van der Waals surface area contributed by atoms with Gasteiger partial charge in [0.15, 0.2) is 0 Å². The van der Waals surface area contributed by atoms with Crippen molar-refractivity contribution in [3.05, 3.63) is 65.0 Å². The van der Waals surface area contributed by atoms with Crippen LogP contribution in [0.3, 0.4) is 0 Å². The molecule has 1 N–H and O–H groups in total. The van der Waals surface area contributed by atoms with E-state index < -0.39 is 0 Å². The van der Waals surface area contributed by atoms with Gasteiger partial charge in [0, 0.05) is 23.3 Å². The minimum Gasteiger partial charge on any atom is -0.467 e. The Morgan fingerprint density at radius 3 is 2.88 bits per heavy atom. The van der Waals surface area contributed by atoms with Crippen LogP contribution in [0.1, 0.15) is 5.76 Å². The monoisotopic (exact) mass is 336 g/mol. The van der Waals surface area contributed by atoms with Gasteiger partial charge < -0.3 is 14.3 Å². The molecule has 25 heavy (non-hydrogen) atoms. The molecule has 4 rings (SSSR count). The Kier molecular flexibility index (Phi) is 3.61. The number of amides is 1. The van der Waals surface area contributed by atoms with Crippen molar-refractivity contribution in [3.63, 3.8) is 0 Å². The highest BCUT2D eigenvalue weighted by Crippen LogP contribution is 2.21. The number of carbonyl (C=O) groups is 1. The zero-order valence-corrected chi connectivity index (χ0v) is 13.6. The Morgan fingerprint density at radius 1 is 1.24 bits per heavy atom. The molecule has 0 aliphatic rings. The van der Waals surface area contributed by atoms with Crippen molar-refractivity contribution in [1.29, 1.82) is 0 Å². The van der Waals surface area contributed by atoms with Gasteiger partial charge in [-0.2, -0.15) is 5.10 Å². The third kappa shape index (κ3) is 2.69. The fourth-order valence-electron chi connectivity index (χ4n) is 2.86. The van der Waals surface area contributed by atoms with E-state index in [4.69, 9.17) is 4.42 Å². The van der Waals surface area contributed by atoms with Crippen molar-refractivity contribution in [2.24, 2.45) is 0 Å². The average molecular weight is 336 g/mol. The number of hydrogen-bond donors (Lipinski definition) is 1. The van der Waals surface area contributed by atoms with Crippen molar-refractivity contribution < 1.29 is 9.21 Å². The van der Waals surface area contributed by atoms with Crippen molar-refractivity contribution in [1.82, 2.24) is 19.7 Å². The largest absolute Gasteiger partial charge is 0.467 e. The predicted molar refractivity (Wildman–Crippen MR) is 93.0 cm³/mol. The molecule has 0 atom stereocenters. The molecule has 1 amide bonds. The number of nitrogens with zero attached hydrogens (tertiary/aromatic N) is 3. The highest BCUT2D eigenvalue weighted by Gasteiger charge is 2.15. The molecule has 0 saturated carbocycles. The first-order valence-electron chi connectivity index (χ1n) is 7.86. The van der Waals surface area contributed by atoms with Gasteiger partial charge in [0.1, 0.15) is 17.8 Å². The van der Waals surface area contributed by atoms with Crippen molar-refractivity contribution in [2.45, 2.75) is 13.1 Å². The van der Waals surface area contributed by atoms with Gasteiger partial charge in [-0.05, 0) is 18.2 Å². The SMILES string of the molecule is CN(Cc1ccco1)C(=O)Cn1ncc2c([nH]c3ccccc32)c1=O. The van der Waals surface area contributed by atoms with Crippen LogP contribution in [-0.4, -0.2) is 32.6 Å². The van der Waals surface area contributed by atoms with Crippen LogP contribution in [0, 0.1) is 0 Å². The number of para-hydroxylation sites is 1. The highest BCUT2D eigenvalue weighted by molar-refractivity contribution is 6.06. The molecule has 3 aromatic heterocycles. The Labute approximate surface area is 142 Å². The molecule has 0 radical (unpaired) electrons. The molecular weight excluding hydrogens is 320 g/mol. The van der Waals surface area contributed by atoms with E-state index in [1.54, 1.807) is 31.6 Å². The summed E-state index contributed by atoms with van der Waals surface area (Å²) in [6.07, 6.45) is 3.18. The van der Waals surface area contributed by atoms with Gasteiger partial charge in [0.25, 0.3) is 5.56 Å². The lowest BCUT2D eigenvalue weighted by atomic mass is 10.2. The minimum absolute atomic E-state index is 0.124. The number of carbonyl (C=O) groups excluding carboxylic acids is 1. The van der Waals surface area contributed by atoms with E-state index >= 15 is 0 Å². The second-order valence-electron chi connectivity index (χ2n) is 5.90. The molecule has 0 bridgehead atoms. The Hall–Kier alpha value is -3.35. The van der Waals surface area contributed by atoms with E-state index in [0.717, 1.165) is 16.3 Å². The lowest BCUT2D eigenvalue weighted by Gasteiger charge is -2.15. The van der Waals surface area contributed by atoms with Gasteiger partial charge in [0.05, 0.1) is 19.0 Å². The van der Waals surface area contributed by atoms with Crippen LogP contribution in [0.4, 0.5) is 0 Å². The first-order chi connectivity index (χ1) is 12.1. The number of hydrogen-bond acceptors (Lipinski definition) is 4. The van der Waals surface area contributed by atoms with Crippen molar-refractivity contribution >= 4 is 27.7 Å². The molecule has 0 aliphatic heterocycles. The van der Waals surface area contributed by atoms with Crippen LogP contribution >= 0.6 is 0 Å². The standard InChI is InChI=1S/C18H16N4O3/c1-21(10-12-5-4-8-25-12)16(23)11-22-18(24)17-14(9-19-22)13-6-2-3-7-15(13)20-17/h2-9,20H,10-11H2,1H3. The average Bonchev–Trinajstić information content (AvgIpc) is 3.25. The van der Waals surface area contributed by atoms with E-state index in [-0.39, 0.29) is 18.0 Å². The molecule has 0 spiro atoms. The molecule has 7 heteroatoms. The maximum Gasteiger partial charge on any atom is 0.291 e. The lowest BCUT2D eigenvalue weighted by molar-refractivity contribution is -0.131. The van der Waals surface area contributed by atoms with Gasteiger partial charge in [0.2, 0.25) is 5.91 Å². The summed E-state index contributed by atoms with van der Waals surface area (Å²) in [6.45, 7) is 0.219. The lowest BCUT2D eigenvalue weighted by Crippen LogP contribution is -2.34. The second kappa shape index (κ2) is 5.94. The number of nitrogens with one attached hydrogen (secondary N) is 1. The predicted octanol–water partition coefficient (Wildman–Crippen LogP) is 2.13. The summed E-state index contributed by atoms with van der Waals surface area (Å²) in [5, 5.41) is 5.86. The summed E-state index contributed by atoms with van der Waals surface area (Å²) in [6, 6.07) is 11.2. The number of H-pyrrole nitrogens is 1. The van der Waals surface area contributed by atoms with Crippen LogP contribution in [0.15, 0.2) is 58.1 Å². The molecule has 0 unspecified atom stereocenters. The smallest absolute Gasteiger partial charge is 0.291 e. The van der Waals surface area contributed by atoms with E-state index in [2.05, 4.69) is 10.1 Å². The van der Waals surface area contributed by atoms with Gasteiger partial charge in [-0.1, -0.05) is 18.2 Å². The van der Waals surface area contributed by atoms with Gasteiger partial charge in [-0.25, -0.2) is 4.68 Å². The minimum atomic E-state index is -0.312. The first kappa shape index (κ1) is 15.2. The van der Waals surface area contributed by atoms with E-state index in [1.807, 2.05) is 24.3 Å². The van der Waals surface area contributed by atoms with E-state index in [9.17, 15) is 9.59 Å². The fraction of sp³-hybridized carbons (Fsp3) is 0.167. The van der Waals surface area contributed by atoms with Gasteiger partial charge >= 0.3 is 0 Å². The molecule has 3 heterocycles. The Bertz CT molecular complexity index is 1110. The molecular formula is C18H16N4O3. The van der Waals surface area contributed by atoms with Crippen LogP contribution in [0.2, 0.25) is 0 Å².